The lowest BCUT2D eigenvalue weighted by Gasteiger charge is -2.27. The van der Waals surface area contributed by atoms with Crippen molar-refractivity contribution >= 4 is 29.2 Å². The van der Waals surface area contributed by atoms with Gasteiger partial charge < -0.3 is 30.4 Å². The molecule has 1 aliphatic rings. The number of nitrogens with one attached hydrogen (secondary N) is 1. The molecule has 36 heavy (non-hydrogen) atoms. The van der Waals surface area contributed by atoms with Crippen LogP contribution < -0.4 is 11.1 Å². The molecular formula is C24H35N5O7. The van der Waals surface area contributed by atoms with E-state index >= 15 is 0 Å². The molecule has 0 aromatic carbocycles. The SMILES string of the molecule is CCCC(=O)Nc1ncnn2c([C@]3(C)O[C@H](COC(=O)[C@@H](N)C(C)C)[C@@H](OC(=O)CC)[C@H]3O)ccc12. The third-order valence-corrected chi connectivity index (χ3v) is 6.27. The zero-order chi connectivity index (χ0) is 26.6. The van der Waals surface area contributed by atoms with Gasteiger partial charge in [-0.25, -0.2) is 9.50 Å². The molecule has 5 atom stereocenters. The van der Waals surface area contributed by atoms with Crippen molar-refractivity contribution in [1.29, 1.82) is 0 Å². The lowest BCUT2D eigenvalue weighted by molar-refractivity contribution is -0.161. The quantitative estimate of drug-likeness (QED) is 0.400. The minimum atomic E-state index is -1.40. The Morgan fingerprint density at radius 1 is 1.31 bits per heavy atom. The van der Waals surface area contributed by atoms with Crippen LogP contribution in [0.25, 0.3) is 5.52 Å². The molecule has 2 aromatic heterocycles. The zero-order valence-electron chi connectivity index (χ0n) is 21.3. The standard InChI is InChI=1S/C24H35N5O7/c1-6-8-17(30)28-22-14-9-10-16(29(14)27-12-26-22)24(5)21(32)20(35-18(31)7-2)15(36-24)11-34-23(33)19(25)13(3)4/h9-10,12-13,15,19-21,32H,6-8,11,25H2,1-5H3,(H,26,27,28,30)/t15-,19+,20-,21-,24+/m1/s1. The van der Waals surface area contributed by atoms with Gasteiger partial charge in [-0.1, -0.05) is 27.7 Å². The van der Waals surface area contributed by atoms with Crippen molar-refractivity contribution < 1.29 is 33.7 Å². The second-order valence-corrected chi connectivity index (χ2v) is 9.34. The second kappa shape index (κ2) is 11.3. The van der Waals surface area contributed by atoms with Crippen molar-refractivity contribution in [3.8, 4) is 0 Å². The minimum Gasteiger partial charge on any atom is -0.462 e. The molecule has 3 rings (SSSR count). The van der Waals surface area contributed by atoms with Crippen LogP contribution in [0.1, 0.15) is 59.6 Å². The number of aliphatic hydroxyl groups is 1. The van der Waals surface area contributed by atoms with E-state index in [4.69, 9.17) is 19.9 Å². The number of esters is 2. The van der Waals surface area contributed by atoms with Gasteiger partial charge in [-0.3, -0.25) is 14.4 Å². The van der Waals surface area contributed by atoms with E-state index in [1.54, 1.807) is 39.8 Å². The number of anilines is 1. The van der Waals surface area contributed by atoms with Gasteiger partial charge >= 0.3 is 11.9 Å². The van der Waals surface area contributed by atoms with E-state index in [0.717, 1.165) is 0 Å². The summed E-state index contributed by atoms with van der Waals surface area (Å²) in [5.74, 6) is -1.16. The zero-order valence-corrected chi connectivity index (χ0v) is 21.3. The monoisotopic (exact) mass is 505 g/mol. The largest absolute Gasteiger partial charge is 0.462 e. The molecule has 198 valence electrons. The number of nitrogens with zero attached hydrogens (tertiary/aromatic N) is 3. The molecule has 0 saturated carbocycles. The number of carbonyl (C=O) groups excluding carboxylic acids is 3. The van der Waals surface area contributed by atoms with Gasteiger partial charge in [0.2, 0.25) is 5.91 Å². The van der Waals surface area contributed by atoms with E-state index in [1.807, 2.05) is 6.92 Å². The number of hydrogen-bond acceptors (Lipinski definition) is 10. The maximum atomic E-state index is 12.3. The average Bonchev–Trinajstić information content (AvgIpc) is 3.38. The highest BCUT2D eigenvalue weighted by molar-refractivity contribution is 5.93. The van der Waals surface area contributed by atoms with E-state index in [1.165, 1.54) is 10.8 Å². The number of nitrogens with two attached hydrogens (primary N) is 1. The number of aromatic nitrogens is 3. The third kappa shape index (κ3) is 5.50. The molecule has 3 heterocycles. The molecule has 0 bridgehead atoms. The van der Waals surface area contributed by atoms with Gasteiger partial charge in [-0.05, 0) is 31.4 Å². The fourth-order valence-electron chi connectivity index (χ4n) is 4.04. The van der Waals surface area contributed by atoms with Crippen LogP contribution in [0.4, 0.5) is 5.82 Å². The van der Waals surface area contributed by atoms with Gasteiger partial charge in [0.05, 0.1) is 5.69 Å². The van der Waals surface area contributed by atoms with Crippen LogP contribution in [0.3, 0.4) is 0 Å². The normalized spacial score (nSPS) is 24.6. The molecule has 12 heteroatoms. The Kier molecular flexibility index (Phi) is 8.64. The summed E-state index contributed by atoms with van der Waals surface area (Å²) in [7, 11) is 0. The first-order chi connectivity index (χ1) is 17.0. The summed E-state index contributed by atoms with van der Waals surface area (Å²) < 4.78 is 18.6. The molecule has 12 nitrogen and oxygen atoms in total. The first kappa shape index (κ1) is 27.5. The Labute approximate surface area is 209 Å². The highest BCUT2D eigenvalue weighted by atomic mass is 16.6. The Morgan fingerprint density at radius 2 is 2.03 bits per heavy atom. The Hall–Kier alpha value is -3.09. The molecule has 0 spiro atoms. The summed E-state index contributed by atoms with van der Waals surface area (Å²) in [6, 6.07) is 2.55. The predicted molar refractivity (Wildman–Crippen MR) is 129 cm³/mol. The molecule has 1 saturated heterocycles. The van der Waals surface area contributed by atoms with Crippen LogP contribution in [-0.2, 0) is 34.2 Å². The van der Waals surface area contributed by atoms with E-state index in [0.29, 0.717) is 29.9 Å². The van der Waals surface area contributed by atoms with Gasteiger partial charge in [0.25, 0.3) is 0 Å². The number of fused-ring (bicyclic) bond motifs is 1. The second-order valence-electron chi connectivity index (χ2n) is 9.34. The topological polar surface area (TPSA) is 167 Å². The Balaban J connectivity index is 1.92. The number of amides is 1. The van der Waals surface area contributed by atoms with E-state index < -0.39 is 41.9 Å². The van der Waals surface area contributed by atoms with Crippen LogP contribution in [0.2, 0.25) is 0 Å². The van der Waals surface area contributed by atoms with Crippen molar-refractivity contribution in [3.05, 3.63) is 24.2 Å². The number of aliphatic hydroxyl groups excluding tert-OH is 1. The minimum absolute atomic E-state index is 0.0900. The smallest absolute Gasteiger partial charge is 0.323 e. The molecule has 1 amide bonds. The maximum Gasteiger partial charge on any atom is 0.323 e. The number of ether oxygens (including phenoxy) is 3. The summed E-state index contributed by atoms with van der Waals surface area (Å²) >= 11 is 0. The average molecular weight is 506 g/mol. The molecule has 0 unspecified atom stereocenters. The van der Waals surface area contributed by atoms with E-state index in [-0.39, 0.29) is 24.9 Å². The molecule has 1 aliphatic heterocycles. The van der Waals surface area contributed by atoms with Crippen LogP contribution in [0.15, 0.2) is 18.5 Å². The number of rotatable bonds is 10. The molecular weight excluding hydrogens is 470 g/mol. The molecule has 2 aromatic rings. The molecule has 1 fully saturated rings. The van der Waals surface area contributed by atoms with Gasteiger partial charge in [0.1, 0.15) is 42.3 Å². The van der Waals surface area contributed by atoms with Crippen molar-refractivity contribution in [2.24, 2.45) is 11.7 Å². The van der Waals surface area contributed by atoms with Crippen molar-refractivity contribution in [2.75, 3.05) is 11.9 Å². The van der Waals surface area contributed by atoms with E-state index in [9.17, 15) is 19.5 Å². The van der Waals surface area contributed by atoms with E-state index in [2.05, 4.69) is 15.4 Å². The summed E-state index contributed by atoms with van der Waals surface area (Å²) in [6.07, 6.45) is -0.988. The van der Waals surface area contributed by atoms with Crippen LogP contribution in [0.5, 0.6) is 0 Å². The number of hydrogen-bond donors (Lipinski definition) is 3. The number of carbonyl (C=O) groups is 3. The van der Waals surface area contributed by atoms with Crippen LogP contribution >= 0.6 is 0 Å². The first-order valence-electron chi connectivity index (χ1n) is 12.1. The Morgan fingerprint density at radius 3 is 2.67 bits per heavy atom. The third-order valence-electron chi connectivity index (χ3n) is 6.27. The van der Waals surface area contributed by atoms with Gasteiger partial charge in [-0.2, -0.15) is 5.10 Å². The highest BCUT2D eigenvalue weighted by Crippen LogP contribution is 2.42. The molecule has 4 N–H and O–H groups in total. The first-order valence-corrected chi connectivity index (χ1v) is 12.1. The predicted octanol–water partition coefficient (Wildman–Crippen LogP) is 1.29. The summed E-state index contributed by atoms with van der Waals surface area (Å²) in [5, 5.41) is 18.3. The van der Waals surface area contributed by atoms with Gasteiger partial charge in [0, 0.05) is 12.8 Å². The van der Waals surface area contributed by atoms with Gasteiger partial charge in [0.15, 0.2) is 11.9 Å². The summed E-state index contributed by atoms with van der Waals surface area (Å²) in [6.45, 7) is 8.48. The van der Waals surface area contributed by atoms with Crippen molar-refractivity contribution in [3.63, 3.8) is 0 Å². The maximum absolute atomic E-state index is 12.3. The van der Waals surface area contributed by atoms with Crippen molar-refractivity contribution in [2.45, 2.75) is 83.8 Å². The summed E-state index contributed by atoms with van der Waals surface area (Å²) in [5.41, 5.74) is 5.40. The lowest BCUT2D eigenvalue weighted by Crippen LogP contribution is -2.43. The molecule has 0 radical (unpaired) electrons. The molecule has 0 aliphatic carbocycles. The Bertz CT molecular complexity index is 1100. The fourth-order valence-corrected chi connectivity index (χ4v) is 4.04. The van der Waals surface area contributed by atoms with Crippen molar-refractivity contribution in [1.82, 2.24) is 14.6 Å². The summed E-state index contributed by atoms with van der Waals surface area (Å²) in [4.78, 5) is 40.7. The lowest BCUT2D eigenvalue weighted by atomic mass is 9.93. The highest BCUT2D eigenvalue weighted by Gasteiger charge is 2.56. The van der Waals surface area contributed by atoms with Gasteiger partial charge in [-0.15, -0.1) is 0 Å². The van der Waals surface area contributed by atoms with Crippen LogP contribution in [0, 0.1) is 5.92 Å². The van der Waals surface area contributed by atoms with Crippen LogP contribution in [-0.4, -0.2) is 68.5 Å². The fraction of sp³-hybridized carbons (Fsp3) is 0.625.